The molecule has 1 aliphatic rings. The second-order valence-electron chi connectivity index (χ2n) is 8.01. The molecule has 2 aromatic rings. The first-order valence-corrected chi connectivity index (χ1v) is 11.2. The number of ether oxygens (including phenoxy) is 2. The lowest BCUT2D eigenvalue weighted by Gasteiger charge is -2.32. The second-order valence-corrected chi connectivity index (χ2v) is 8.01. The molecule has 6 heteroatoms. The van der Waals surface area contributed by atoms with Gasteiger partial charge in [0, 0.05) is 13.1 Å². The maximum absolute atomic E-state index is 13.5. The van der Waals surface area contributed by atoms with Gasteiger partial charge in [-0.25, -0.2) is 4.39 Å². The van der Waals surface area contributed by atoms with E-state index in [0.717, 1.165) is 30.5 Å². The van der Waals surface area contributed by atoms with Gasteiger partial charge in [-0.3, -0.25) is 9.69 Å². The van der Waals surface area contributed by atoms with Crippen LogP contribution in [-0.2, 0) is 11.3 Å². The van der Waals surface area contributed by atoms with E-state index in [1.54, 1.807) is 12.1 Å². The van der Waals surface area contributed by atoms with Crippen LogP contribution in [0.4, 0.5) is 4.39 Å². The fourth-order valence-corrected chi connectivity index (χ4v) is 4.06. The average molecular weight is 429 g/mol. The third kappa shape index (κ3) is 6.44. The van der Waals surface area contributed by atoms with Gasteiger partial charge in [-0.1, -0.05) is 18.2 Å². The topological polar surface area (TPSA) is 50.8 Å². The third-order valence-electron chi connectivity index (χ3n) is 5.60. The Bertz CT molecular complexity index is 874. The lowest BCUT2D eigenvalue weighted by atomic mass is 9.96. The highest BCUT2D eigenvalue weighted by molar-refractivity contribution is 5.79. The molecule has 0 radical (unpaired) electrons. The molecule has 0 spiro atoms. The number of carbonyl (C=O) groups is 1. The number of nitrogens with one attached hydrogen (secondary N) is 1. The zero-order valence-corrected chi connectivity index (χ0v) is 18.7. The Labute approximate surface area is 184 Å². The van der Waals surface area contributed by atoms with Gasteiger partial charge in [-0.2, -0.15) is 0 Å². The van der Waals surface area contributed by atoms with E-state index in [1.807, 2.05) is 45.0 Å². The van der Waals surface area contributed by atoms with Crippen LogP contribution in [-0.4, -0.2) is 37.1 Å². The van der Waals surface area contributed by atoms with Crippen LogP contribution in [0.5, 0.6) is 11.5 Å². The normalized spacial score (nSPS) is 17.7. The second kappa shape index (κ2) is 11.1. The molecular formula is C25H33FN2O3. The molecule has 168 valence electrons. The minimum absolute atomic E-state index is 0.0586. The van der Waals surface area contributed by atoms with Gasteiger partial charge in [0.15, 0.2) is 11.5 Å². The summed E-state index contributed by atoms with van der Waals surface area (Å²) in [6.45, 7) is 9.24. The number of hydrogen-bond donors (Lipinski definition) is 1. The van der Waals surface area contributed by atoms with E-state index in [1.165, 1.54) is 6.07 Å². The predicted molar refractivity (Wildman–Crippen MR) is 120 cm³/mol. The number of amides is 1. The Hall–Kier alpha value is -2.60. The lowest BCUT2D eigenvalue weighted by Crippen LogP contribution is -2.43. The molecule has 1 fully saturated rings. The number of rotatable bonds is 9. The van der Waals surface area contributed by atoms with Crippen molar-refractivity contribution in [3.8, 4) is 11.5 Å². The monoisotopic (exact) mass is 428 g/mol. The highest BCUT2D eigenvalue weighted by atomic mass is 19.1. The molecule has 0 saturated carbocycles. The first kappa shape index (κ1) is 23.1. The minimum atomic E-state index is -0.223. The van der Waals surface area contributed by atoms with E-state index in [2.05, 4.69) is 10.2 Å². The van der Waals surface area contributed by atoms with E-state index < -0.39 is 0 Å². The smallest absolute Gasteiger partial charge is 0.224 e. The Morgan fingerprint density at radius 1 is 1.16 bits per heavy atom. The van der Waals surface area contributed by atoms with Gasteiger partial charge in [-0.05, 0) is 75.5 Å². The molecule has 2 aromatic carbocycles. The van der Waals surface area contributed by atoms with Gasteiger partial charge in [-0.15, -0.1) is 0 Å². The van der Waals surface area contributed by atoms with Crippen LogP contribution in [0, 0.1) is 11.7 Å². The molecule has 31 heavy (non-hydrogen) atoms. The number of piperidine rings is 1. The Balaban J connectivity index is 1.60. The minimum Gasteiger partial charge on any atom is -0.490 e. The standard InChI is InChI=1S/C25H33FN2O3/c1-4-30-23-12-11-20(15-24(23)31-5-2)18(3)27-25(29)21-9-7-13-28(17-21)16-19-8-6-10-22(26)14-19/h6,8,10-12,14-15,18,21H,4-5,7,9,13,16-17H2,1-3H3,(H,27,29). The van der Waals surface area contributed by atoms with Gasteiger partial charge in [0.1, 0.15) is 5.82 Å². The van der Waals surface area contributed by atoms with Crippen molar-refractivity contribution in [2.24, 2.45) is 5.92 Å². The fourth-order valence-electron chi connectivity index (χ4n) is 4.06. The van der Waals surface area contributed by atoms with Crippen molar-refractivity contribution in [3.05, 3.63) is 59.4 Å². The molecule has 5 nitrogen and oxygen atoms in total. The summed E-state index contributed by atoms with van der Waals surface area (Å²) in [5.74, 6) is 1.18. The molecule has 0 aliphatic carbocycles. The Morgan fingerprint density at radius 2 is 1.94 bits per heavy atom. The molecule has 1 heterocycles. The molecule has 1 amide bonds. The van der Waals surface area contributed by atoms with Crippen LogP contribution in [0.3, 0.4) is 0 Å². The van der Waals surface area contributed by atoms with Crippen LogP contribution < -0.4 is 14.8 Å². The maximum atomic E-state index is 13.5. The van der Waals surface area contributed by atoms with Crippen LogP contribution in [0.25, 0.3) is 0 Å². The van der Waals surface area contributed by atoms with Crippen LogP contribution in [0.15, 0.2) is 42.5 Å². The average Bonchev–Trinajstić information content (AvgIpc) is 2.75. The zero-order chi connectivity index (χ0) is 22.2. The Kier molecular flexibility index (Phi) is 8.29. The zero-order valence-electron chi connectivity index (χ0n) is 18.7. The Morgan fingerprint density at radius 3 is 2.68 bits per heavy atom. The van der Waals surface area contributed by atoms with Gasteiger partial charge >= 0.3 is 0 Å². The number of carbonyl (C=O) groups excluding carboxylic acids is 1. The molecule has 1 N–H and O–H groups in total. The molecule has 1 aliphatic heterocycles. The van der Waals surface area contributed by atoms with E-state index in [0.29, 0.717) is 37.8 Å². The van der Waals surface area contributed by atoms with Crippen molar-refractivity contribution in [3.63, 3.8) is 0 Å². The van der Waals surface area contributed by atoms with Crippen LogP contribution >= 0.6 is 0 Å². The molecule has 0 bridgehead atoms. The first-order valence-electron chi connectivity index (χ1n) is 11.2. The van der Waals surface area contributed by atoms with Crippen LogP contribution in [0.2, 0.25) is 0 Å². The summed E-state index contributed by atoms with van der Waals surface area (Å²) in [4.78, 5) is 15.2. The van der Waals surface area contributed by atoms with E-state index in [-0.39, 0.29) is 23.7 Å². The highest BCUT2D eigenvalue weighted by Gasteiger charge is 2.27. The number of benzene rings is 2. The summed E-state index contributed by atoms with van der Waals surface area (Å²) in [5.41, 5.74) is 1.92. The van der Waals surface area contributed by atoms with Crippen molar-refractivity contribution in [1.82, 2.24) is 10.2 Å². The molecule has 2 atom stereocenters. The van der Waals surface area contributed by atoms with Crippen molar-refractivity contribution in [1.29, 1.82) is 0 Å². The summed E-state index contributed by atoms with van der Waals surface area (Å²) in [6.07, 6.45) is 1.82. The quantitative estimate of drug-likeness (QED) is 0.628. The van der Waals surface area contributed by atoms with Crippen LogP contribution in [0.1, 0.15) is 50.8 Å². The molecule has 0 aromatic heterocycles. The summed E-state index contributed by atoms with van der Waals surface area (Å²) in [7, 11) is 0. The first-order chi connectivity index (χ1) is 15.0. The largest absolute Gasteiger partial charge is 0.490 e. The number of nitrogens with zero attached hydrogens (tertiary/aromatic N) is 1. The third-order valence-corrected chi connectivity index (χ3v) is 5.60. The van der Waals surface area contributed by atoms with Crippen molar-refractivity contribution in [2.45, 2.75) is 46.2 Å². The SMILES string of the molecule is CCOc1ccc(C(C)NC(=O)C2CCCN(Cc3cccc(F)c3)C2)cc1OCC. The van der Waals surface area contributed by atoms with Gasteiger partial charge in [0.05, 0.1) is 25.2 Å². The number of hydrogen-bond acceptors (Lipinski definition) is 4. The predicted octanol–water partition coefficient (Wildman–Crippen LogP) is 4.71. The maximum Gasteiger partial charge on any atom is 0.224 e. The lowest BCUT2D eigenvalue weighted by molar-refractivity contribution is -0.127. The molecule has 2 unspecified atom stereocenters. The van der Waals surface area contributed by atoms with Crippen molar-refractivity contribution in [2.75, 3.05) is 26.3 Å². The molecule has 3 rings (SSSR count). The highest BCUT2D eigenvalue weighted by Crippen LogP contribution is 2.31. The fraction of sp³-hybridized carbons (Fsp3) is 0.480. The molecule has 1 saturated heterocycles. The number of halogens is 1. The van der Waals surface area contributed by atoms with Gasteiger partial charge in [0.25, 0.3) is 0 Å². The van der Waals surface area contributed by atoms with Gasteiger partial charge in [0.2, 0.25) is 5.91 Å². The number of likely N-dealkylation sites (tertiary alicyclic amines) is 1. The summed E-state index contributed by atoms with van der Waals surface area (Å²) in [5, 5.41) is 3.16. The summed E-state index contributed by atoms with van der Waals surface area (Å²) in [6, 6.07) is 12.3. The van der Waals surface area contributed by atoms with E-state index in [9.17, 15) is 9.18 Å². The van der Waals surface area contributed by atoms with Gasteiger partial charge < -0.3 is 14.8 Å². The molecular weight excluding hydrogens is 395 g/mol. The van der Waals surface area contributed by atoms with Crippen molar-refractivity contribution >= 4 is 5.91 Å². The van der Waals surface area contributed by atoms with E-state index >= 15 is 0 Å². The summed E-state index contributed by atoms with van der Waals surface area (Å²) < 4.78 is 24.8. The summed E-state index contributed by atoms with van der Waals surface area (Å²) >= 11 is 0. The van der Waals surface area contributed by atoms with Crippen molar-refractivity contribution < 1.29 is 18.7 Å². The van der Waals surface area contributed by atoms with E-state index in [4.69, 9.17) is 9.47 Å².